The van der Waals surface area contributed by atoms with E-state index in [2.05, 4.69) is 14.7 Å². The summed E-state index contributed by atoms with van der Waals surface area (Å²) in [6, 6.07) is 4.58. The van der Waals surface area contributed by atoms with E-state index in [1.165, 1.54) is 6.07 Å². The third-order valence-corrected chi connectivity index (χ3v) is 2.15. The first kappa shape index (κ1) is 11.4. The van der Waals surface area contributed by atoms with E-state index >= 15 is 0 Å². The van der Waals surface area contributed by atoms with Crippen LogP contribution in [0, 0.1) is 6.92 Å². The van der Waals surface area contributed by atoms with Crippen molar-refractivity contribution in [3.05, 3.63) is 29.6 Å². The fourth-order valence-corrected chi connectivity index (χ4v) is 1.28. The predicted octanol–water partition coefficient (Wildman–Crippen LogP) is 2.77. The zero-order chi connectivity index (χ0) is 12.6. The van der Waals surface area contributed by atoms with Crippen molar-refractivity contribution in [2.75, 3.05) is 0 Å². The maximum absolute atomic E-state index is 12.2. The molecule has 2 rings (SSSR count). The minimum atomic E-state index is -4.67. The number of nitrogens with zero attached hydrogens (tertiary/aromatic N) is 2. The third kappa shape index (κ3) is 2.08. The Morgan fingerprint density at radius 3 is 2.59 bits per heavy atom. The molecule has 0 fully saturated rings. The van der Waals surface area contributed by atoms with Crippen LogP contribution in [0.4, 0.5) is 13.2 Å². The van der Waals surface area contributed by atoms with Gasteiger partial charge in [0.1, 0.15) is 5.75 Å². The van der Waals surface area contributed by atoms with Crippen LogP contribution in [-0.2, 0) is 6.18 Å². The van der Waals surface area contributed by atoms with Gasteiger partial charge in [-0.05, 0) is 18.6 Å². The molecule has 1 aromatic heterocycles. The minimum absolute atomic E-state index is 0.0769. The molecule has 0 saturated carbocycles. The van der Waals surface area contributed by atoms with E-state index in [9.17, 15) is 18.3 Å². The van der Waals surface area contributed by atoms with Gasteiger partial charge in [-0.1, -0.05) is 17.3 Å². The molecule has 90 valence electrons. The molecule has 2 aromatic rings. The van der Waals surface area contributed by atoms with Gasteiger partial charge in [0.15, 0.2) is 0 Å². The van der Waals surface area contributed by atoms with Crippen molar-refractivity contribution in [2.45, 2.75) is 13.1 Å². The van der Waals surface area contributed by atoms with Gasteiger partial charge in [0, 0.05) is 0 Å². The summed E-state index contributed by atoms with van der Waals surface area (Å²) in [5.74, 6) is -1.91. The second kappa shape index (κ2) is 3.76. The Morgan fingerprint density at radius 2 is 2.00 bits per heavy atom. The van der Waals surface area contributed by atoms with Gasteiger partial charge < -0.3 is 9.63 Å². The number of aromatic nitrogens is 2. The van der Waals surface area contributed by atoms with E-state index in [4.69, 9.17) is 0 Å². The monoisotopic (exact) mass is 244 g/mol. The number of hydrogen-bond acceptors (Lipinski definition) is 4. The molecule has 4 nitrogen and oxygen atoms in total. The predicted molar refractivity (Wildman–Crippen MR) is 51.1 cm³/mol. The Labute approximate surface area is 93.7 Å². The summed E-state index contributed by atoms with van der Waals surface area (Å²) in [6.07, 6.45) is -4.67. The topological polar surface area (TPSA) is 59.2 Å². The molecule has 1 aromatic carbocycles. The standard InChI is InChI=1S/C10H7F3N2O2/c1-5-3-2-4-6(7(5)16)8-14-9(15-17-8)10(11,12)13/h2-4,16H,1H3. The fraction of sp³-hybridized carbons (Fsp3) is 0.200. The highest BCUT2D eigenvalue weighted by molar-refractivity contribution is 5.64. The van der Waals surface area contributed by atoms with E-state index in [-0.39, 0.29) is 17.2 Å². The lowest BCUT2D eigenvalue weighted by Crippen LogP contribution is -2.07. The lowest BCUT2D eigenvalue weighted by atomic mass is 10.1. The van der Waals surface area contributed by atoms with Gasteiger partial charge in [-0.3, -0.25) is 0 Å². The lowest BCUT2D eigenvalue weighted by molar-refractivity contribution is -0.146. The van der Waals surface area contributed by atoms with Crippen molar-refractivity contribution in [3.63, 3.8) is 0 Å². The first-order valence-electron chi connectivity index (χ1n) is 4.59. The number of phenolic OH excluding ortho intramolecular Hbond substituents is 1. The maximum Gasteiger partial charge on any atom is 0.455 e. The zero-order valence-corrected chi connectivity index (χ0v) is 8.62. The molecule has 0 amide bonds. The molecular weight excluding hydrogens is 237 g/mol. The molecular formula is C10H7F3N2O2. The summed E-state index contributed by atoms with van der Waals surface area (Å²) in [5, 5.41) is 12.5. The van der Waals surface area contributed by atoms with Crippen LogP contribution in [0.5, 0.6) is 5.75 Å². The highest BCUT2D eigenvalue weighted by Gasteiger charge is 2.37. The van der Waals surface area contributed by atoms with Crippen LogP contribution < -0.4 is 0 Å². The molecule has 0 saturated heterocycles. The van der Waals surface area contributed by atoms with Crippen molar-refractivity contribution in [2.24, 2.45) is 0 Å². The first-order valence-corrected chi connectivity index (χ1v) is 4.59. The Kier molecular flexibility index (Phi) is 2.53. The van der Waals surface area contributed by atoms with Crippen LogP contribution in [0.3, 0.4) is 0 Å². The molecule has 0 unspecified atom stereocenters. The van der Waals surface area contributed by atoms with Crippen LogP contribution in [0.15, 0.2) is 22.7 Å². The summed E-state index contributed by atoms with van der Waals surface area (Å²) in [5.41, 5.74) is 0.585. The Hall–Kier alpha value is -2.05. The largest absolute Gasteiger partial charge is 0.507 e. The number of phenols is 1. The van der Waals surface area contributed by atoms with Crippen molar-refractivity contribution in [1.82, 2.24) is 10.1 Å². The van der Waals surface area contributed by atoms with Gasteiger partial charge in [0.2, 0.25) is 0 Å². The van der Waals surface area contributed by atoms with E-state index < -0.39 is 12.0 Å². The lowest BCUT2D eigenvalue weighted by Gasteiger charge is -2.01. The van der Waals surface area contributed by atoms with E-state index in [0.29, 0.717) is 5.56 Å². The van der Waals surface area contributed by atoms with Crippen molar-refractivity contribution < 1.29 is 22.8 Å². The second-order valence-electron chi connectivity index (χ2n) is 3.39. The fourth-order valence-electron chi connectivity index (χ4n) is 1.28. The summed E-state index contributed by atoms with van der Waals surface area (Å²) >= 11 is 0. The smallest absolute Gasteiger partial charge is 0.455 e. The normalized spacial score (nSPS) is 11.8. The molecule has 1 heterocycles. The number of hydrogen-bond donors (Lipinski definition) is 1. The molecule has 0 atom stereocenters. The molecule has 0 aliphatic heterocycles. The second-order valence-corrected chi connectivity index (χ2v) is 3.39. The summed E-state index contributed by atoms with van der Waals surface area (Å²) in [7, 11) is 0. The number of aromatic hydroxyl groups is 1. The maximum atomic E-state index is 12.2. The number of rotatable bonds is 1. The SMILES string of the molecule is Cc1cccc(-c2nc(C(F)(F)F)no2)c1O. The molecule has 1 N–H and O–H groups in total. The third-order valence-electron chi connectivity index (χ3n) is 2.15. The van der Waals surface area contributed by atoms with Crippen LogP contribution in [0.25, 0.3) is 11.5 Å². The van der Waals surface area contributed by atoms with Gasteiger partial charge in [0.05, 0.1) is 5.56 Å². The van der Waals surface area contributed by atoms with Gasteiger partial charge in [-0.2, -0.15) is 18.2 Å². The van der Waals surface area contributed by atoms with Gasteiger partial charge >= 0.3 is 6.18 Å². The first-order chi connectivity index (χ1) is 7.89. The van der Waals surface area contributed by atoms with E-state index in [1.54, 1.807) is 19.1 Å². The minimum Gasteiger partial charge on any atom is -0.507 e. The number of benzene rings is 1. The van der Waals surface area contributed by atoms with Gasteiger partial charge in [-0.15, -0.1) is 0 Å². The van der Waals surface area contributed by atoms with Crippen molar-refractivity contribution in [3.8, 4) is 17.2 Å². The van der Waals surface area contributed by atoms with Gasteiger partial charge in [0.25, 0.3) is 11.7 Å². The Morgan fingerprint density at radius 1 is 1.29 bits per heavy atom. The van der Waals surface area contributed by atoms with E-state index in [1.807, 2.05) is 0 Å². The summed E-state index contributed by atoms with van der Waals surface area (Å²) < 4.78 is 41.2. The van der Waals surface area contributed by atoms with Crippen LogP contribution in [0.2, 0.25) is 0 Å². The zero-order valence-electron chi connectivity index (χ0n) is 8.62. The molecule has 0 radical (unpaired) electrons. The number of aryl methyl sites for hydroxylation is 1. The molecule has 0 spiro atoms. The number of halogens is 3. The van der Waals surface area contributed by atoms with E-state index in [0.717, 1.165) is 0 Å². The highest BCUT2D eigenvalue weighted by atomic mass is 19.4. The summed E-state index contributed by atoms with van der Waals surface area (Å²) in [6.45, 7) is 1.61. The average molecular weight is 244 g/mol. The van der Waals surface area contributed by atoms with Crippen molar-refractivity contribution >= 4 is 0 Å². The van der Waals surface area contributed by atoms with Gasteiger partial charge in [-0.25, -0.2) is 0 Å². The highest BCUT2D eigenvalue weighted by Crippen LogP contribution is 2.33. The quantitative estimate of drug-likeness (QED) is 0.837. The Bertz CT molecular complexity index is 549. The molecule has 17 heavy (non-hydrogen) atoms. The molecule has 7 heteroatoms. The number of alkyl halides is 3. The summed E-state index contributed by atoms with van der Waals surface area (Å²) in [4.78, 5) is 3.19. The molecule has 0 bridgehead atoms. The van der Waals surface area contributed by atoms with Crippen LogP contribution in [0.1, 0.15) is 11.4 Å². The Balaban J connectivity index is 2.48. The van der Waals surface area contributed by atoms with Crippen LogP contribution >= 0.6 is 0 Å². The number of para-hydroxylation sites is 1. The molecule has 0 aliphatic carbocycles. The van der Waals surface area contributed by atoms with Crippen molar-refractivity contribution in [1.29, 1.82) is 0 Å². The average Bonchev–Trinajstić information content (AvgIpc) is 2.70. The molecule has 0 aliphatic rings. The van der Waals surface area contributed by atoms with Crippen LogP contribution in [-0.4, -0.2) is 15.2 Å².